The number of nitrogens with zero attached hydrogens (tertiary/aromatic N) is 1. The van der Waals surface area contributed by atoms with E-state index < -0.39 is 52.1 Å². The molecule has 3 amide bonds. The monoisotopic (exact) mass is 507 g/mol. The third-order valence-corrected chi connectivity index (χ3v) is 7.60. The smallest absolute Gasteiger partial charge is 0.309 e. The molecule has 4 atom stereocenters. The number of nitrogens with one attached hydrogen (secondary N) is 2. The van der Waals surface area contributed by atoms with Gasteiger partial charge in [0.25, 0.3) is 5.91 Å². The fourth-order valence-corrected chi connectivity index (χ4v) is 4.53. The number of carbonyl (C=O) groups is 5. The highest BCUT2D eigenvalue weighted by Crippen LogP contribution is 2.42. The molecule has 1 saturated carbocycles. The van der Waals surface area contributed by atoms with Gasteiger partial charge >= 0.3 is 5.97 Å². The Morgan fingerprint density at radius 2 is 1.86 bits per heavy atom. The maximum Gasteiger partial charge on any atom is 0.309 e. The van der Waals surface area contributed by atoms with E-state index in [2.05, 4.69) is 10.6 Å². The Kier molecular flexibility index (Phi) is 6.91. The topological polar surface area (TPSA) is 153 Å². The van der Waals surface area contributed by atoms with E-state index in [-0.39, 0.29) is 29.3 Å². The van der Waals surface area contributed by atoms with Gasteiger partial charge in [0.2, 0.25) is 11.8 Å². The van der Waals surface area contributed by atoms with Crippen LogP contribution in [0.4, 0.5) is 0 Å². The van der Waals surface area contributed by atoms with E-state index in [1.807, 2.05) is 0 Å². The Hall–Kier alpha value is -3.14. The maximum absolute atomic E-state index is 13.9. The fourth-order valence-electron chi connectivity index (χ4n) is 4.32. The molecule has 1 aromatic rings. The lowest BCUT2D eigenvalue weighted by Gasteiger charge is -2.44. The van der Waals surface area contributed by atoms with Crippen molar-refractivity contribution < 1.29 is 34.2 Å². The SMILES string of the molecule is CC(C)(C)C(C)(NC(=O)c1cccc(O)c1Cl)C(=O)N1CCC[C@H]1C(=O)NC1(C=O)CC1C(=O)O. The molecule has 2 fully saturated rings. The number of benzene rings is 1. The summed E-state index contributed by atoms with van der Waals surface area (Å²) in [7, 11) is 0. The van der Waals surface area contributed by atoms with E-state index in [0.29, 0.717) is 19.1 Å². The summed E-state index contributed by atoms with van der Waals surface area (Å²) in [6.07, 6.45) is 1.28. The van der Waals surface area contributed by atoms with Gasteiger partial charge in [-0.3, -0.25) is 19.2 Å². The van der Waals surface area contributed by atoms with Crippen LogP contribution in [-0.2, 0) is 19.2 Å². The molecule has 1 aromatic carbocycles. The summed E-state index contributed by atoms with van der Waals surface area (Å²) in [6, 6.07) is 3.29. The Balaban J connectivity index is 1.85. The molecule has 1 aliphatic heterocycles. The molecule has 3 unspecified atom stereocenters. The first kappa shape index (κ1) is 26.5. The molecule has 0 bridgehead atoms. The highest BCUT2D eigenvalue weighted by molar-refractivity contribution is 6.35. The number of amides is 3. The summed E-state index contributed by atoms with van der Waals surface area (Å²) in [6.45, 7) is 7.11. The van der Waals surface area contributed by atoms with Gasteiger partial charge in [-0.05, 0) is 43.7 Å². The molecule has 1 aliphatic carbocycles. The van der Waals surface area contributed by atoms with E-state index in [1.54, 1.807) is 27.7 Å². The largest absolute Gasteiger partial charge is 0.506 e. The Bertz CT molecular complexity index is 1090. The Morgan fingerprint density at radius 3 is 2.40 bits per heavy atom. The minimum atomic E-state index is -1.48. The second-order valence-corrected chi connectivity index (χ2v) is 10.7. The van der Waals surface area contributed by atoms with Gasteiger partial charge in [-0.15, -0.1) is 0 Å². The van der Waals surface area contributed by atoms with Crippen molar-refractivity contribution in [1.29, 1.82) is 0 Å². The van der Waals surface area contributed by atoms with Gasteiger partial charge in [-0.25, -0.2) is 0 Å². The number of aromatic hydroxyl groups is 1. The quantitative estimate of drug-likeness (QED) is 0.410. The third-order valence-electron chi connectivity index (χ3n) is 7.20. The van der Waals surface area contributed by atoms with Gasteiger partial charge in [-0.2, -0.15) is 0 Å². The summed E-state index contributed by atoms with van der Waals surface area (Å²) < 4.78 is 0. The maximum atomic E-state index is 13.9. The lowest BCUT2D eigenvalue weighted by Crippen LogP contribution is -2.66. The molecule has 0 spiro atoms. The summed E-state index contributed by atoms with van der Waals surface area (Å²) in [5.41, 5.74) is -3.75. The first-order valence-electron chi connectivity index (χ1n) is 11.3. The van der Waals surface area contributed by atoms with E-state index in [9.17, 15) is 34.2 Å². The molecule has 3 rings (SSSR count). The molecule has 0 radical (unpaired) electrons. The van der Waals surface area contributed by atoms with Crippen molar-refractivity contribution >= 4 is 41.6 Å². The Morgan fingerprint density at radius 1 is 1.20 bits per heavy atom. The molecule has 0 aromatic heterocycles. The first-order chi connectivity index (χ1) is 16.2. The Labute approximate surface area is 208 Å². The van der Waals surface area contributed by atoms with E-state index in [1.165, 1.54) is 23.1 Å². The van der Waals surface area contributed by atoms with Gasteiger partial charge in [0, 0.05) is 6.54 Å². The lowest BCUT2D eigenvalue weighted by atomic mass is 9.73. The van der Waals surface area contributed by atoms with Crippen LogP contribution >= 0.6 is 11.6 Å². The average Bonchev–Trinajstić information content (AvgIpc) is 3.28. The van der Waals surface area contributed by atoms with Gasteiger partial charge in [-0.1, -0.05) is 38.4 Å². The minimum absolute atomic E-state index is 0.00131. The van der Waals surface area contributed by atoms with Crippen molar-refractivity contribution in [2.24, 2.45) is 11.3 Å². The molecule has 2 aliphatic rings. The number of hydrogen-bond donors (Lipinski definition) is 4. The zero-order valence-corrected chi connectivity index (χ0v) is 20.8. The van der Waals surface area contributed by atoms with Crippen LogP contribution in [0.25, 0.3) is 0 Å². The number of rotatable bonds is 7. The number of phenolic OH excluding ortho intramolecular Hbond substituents is 1. The minimum Gasteiger partial charge on any atom is -0.506 e. The number of aliphatic carboxylic acids is 1. The first-order valence-corrected chi connectivity index (χ1v) is 11.7. The van der Waals surface area contributed by atoms with Crippen molar-refractivity contribution in [2.75, 3.05) is 6.54 Å². The van der Waals surface area contributed by atoms with Crippen LogP contribution < -0.4 is 10.6 Å². The fraction of sp³-hybridized carbons (Fsp3) is 0.542. The van der Waals surface area contributed by atoms with Gasteiger partial charge in [0.1, 0.15) is 29.2 Å². The van der Waals surface area contributed by atoms with Crippen LogP contribution in [0.1, 0.15) is 57.3 Å². The number of carboxylic acid groups (broad SMARTS) is 1. The van der Waals surface area contributed by atoms with E-state index >= 15 is 0 Å². The molecular weight excluding hydrogens is 478 g/mol. The lowest BCUT2D eigenvalue weighted by molar-refractivity contribution is -0.147. The second kappa shape index (κ2) is 9.14. The second-order valence-electron chi connectivity index (χ2n) is 10.4. The van der Waals surface area contributed by atoms with Crippen LogP contribution in [0.5, 0.6) is 5.75 Å². The third kappa shape index (κ3) is 4.71. The van der Waals surface area contributed by atoms with Crippen molar-refractivity contribution in [3.05, 3.63) is 28.8 Å². The van der Waals surface area contributed by atoms with Gasteiger partial charge in [0.05, 0.1) is 16.5 Å². The van der Waals surface area contributed by atoms with Gasteiger partial charge in [0.15, 0.2) is 0 Å². The van der Waals surface area contributed by atoms with Crippen LogP contribution in [0.2, 0.25) is 5.02 Å². The number of carbonyl (C=O) groups excluding carboxylic acids is 4. The number of aldehydes is 1. The molecule has 35 heavy (non-hydrogen) atoms. The highest BCUT2D eigenvalue weighted by atomic mass is 35.5. The van der Waals surface area contributed by atoms with Crippen molar-refractivity contribution in [1.82, 2.24) is 15.5 Å². The average molecular weight is 508 g/mol. The molecule has 190 valence electrons. The van der Waals surface area contributed by atoms with Crippen molar-refractivity contribution in [3.63, 3.8) is 0 Å². The normalized spacial score (nSPS) is 25.3. The predicted molar refractivity (Wildman–Crippen MR) is 126 cm³/mol. The van der Waals surface area contributed by atoms with E-state index in [4.69, 9.17) is 11.6 Å². The number of carboxylic acids is 1. The summed E-state index contributed by atoms with van der Waals surface area (Å²) in [4.78, 5) is 64.2. The van der Waals surface area contributed by atoms with Crippen LogP contribution in [0.3, 0.4) is 0 Å². The standard InChI is InChI=1S/C24H30ClN3O7/c1-22(2,3)23(4,26-18(31)13-7-5-9-16(30)17(13)25)21(35)28-10-6-8-15(28)19(32)27-24(12-29)11-14(24)20(33)34/h5,7,9,12,14-15,30H,6,8,10-11H2,1-4H3,(H,26,31)(H,27,32)(H,33,34)/t14?,15-,23?,24?/m0/s1. The zero-order valence-electron chi connectivity index (χ0n) is 20.1. The molecular formula is C24H30ClN3O7. The predicted octanol–water partition coefficient (Wildman–Crippen LogP) is 1.73. The summed E-state index contributed by atoms with van der Waals surface area (Å²) >= 11 is 6.09. The highest BCUT2D eigenvalue weighted by Gasteiger charge is 2.61. The number of phenols is 1. The van der Waals surface area contributed by atoms with Crippen molar-refractivity contribution in [3.8, 4) is 5.75 Å². The van der Waals surface area contributed by atoms with Crippen LogP contribution in [-0.4, -0.2) is 68.8 Å². The van der Waals surface area contributed by atoms with E-state index in [0.717, 1.165) is 0 Å². The summed E-state index contributed by atoms with van der Waals surface area (Å²) in [5, 5.41) is 24.2. The van der Waals surface area contributed by atoms with Gasteiger partial charge < -0.3 is 30.5 Å². The molecule has 10 nitrogen and oxygen atoms in total. The number of likely N-dealkylation sites (tertiary alicyclic amines) is 1. The molecule has 11 heteroatoms. The zero-order chi connectivity index (χ0) is 26.3. The summed E-state index contributed by atoms with van der Waals surface area (Å²) in [5.74, 6) is -4.23. The molecule has 1 heterocycles. The van der Waals surface area contributed by atoms with Crippen LogP contribution in [0.15, 0.2) is 18.2 Å². The molecule has 1 saturated heterocycles. The molecule has 4 N–H and O–H groups in total. The number of halogens is 1. The number of hydrogen-bond acceptors (Lipinski definition) is 6. The van der Waals surface area contributed by atoms with Crippen LogP contribution in [0, 0.1) is 11.3 Å². The van der Waals surface area contributed by atoms with Crippen molar-refractivity contribution in [2.45, 2.75) is 64.1 Å².